The molecule has 2 atom stereocenters. The van der Waals surface area contributed by atoms with Crippen molar-refractivity contribution in [2.75, 3.05) is 29.9 Å². The molecule has 5 nitrogen and oxygen atoms in total. The summed E-state index contributed by atoms with van der Waals surface area (Å²) in [7, 11) is 2.14. The molecule has 3 heterocycles. The Bertz CT molecular complexity index is 1080. The summed E-state index contributed by atoms with van der Waals surface area (Å²) in [5, 5.41) is 0. The number of anilines is 2. The third kappa shape index (κ3) is 4.02. The van der Waals surface area contributed by atoms with Gasteiger partial charge < -0.3 is 9.80 Å². The fraction of sp³-hybridized carbons (Fsp3) is 0.385. The molecule has 0 saturated carbocycles. The summed E-state index contributed by atoms with van der Waals surface area (Å²) in [6.45, 7) is 11.5. The molecular formula is C26H31N5. The predicted octanol–water partition coefficient (Wildman–Crippen LogP) is 4.32. The van der Waals surface area contributed by atoms with Crippen LogP contribution in [-0.2, 0) is 19.6 Å². The van der Waals surface area contributed by atoms with Gasteiger partial charge in [0.15, 0.2) is 0 Å². The second-order valence-electron chi connectivity index (χ2n) is 9.55. The van der Waals surface area contributed by atoms with Gasteiger partial charge in [-0.1, -0.05) is 59.7 Å². The number of hydrogen-bond acceptors (Lipinski definition) is 5. The van der Waals surface area contributed by atoms with Crippen LogP contribution in [0.4, 0.5) is 11.6 Å². The van der Waals surface area contributed by atoms with E-state index in [1.165, 1.54) is 27.8 Å². The molecule has 0 N–H and O–H groups in total. The standard InChI is InChI=1S/C26H31N5/c1-19-10-20(2)12-22(11-19)14-30-16-26(3)17-31(26)15-23-24(27-18-28-25(23)30)29(4)13-21-8-6-5-7-9-21/h5-12,18H,13-17H2,1-4H3/t26-,31?/m0/s1. The van der Waals surface area contributed by atoms with Crippen LogP contribution >= 0.6 is 0 Å². The van der Waals surface area contributed by atoms with Crippen molar-refractivity contribution in [3.8, 4) is 0 Å². The summed E-state index contributed by atoms with van der Waals surface area (Å²) in [6.07, 6.45) is 1.73. The average Bonchev–Trinajstić information content (AvgIpc) is 3.37. The lowest BCUT2D eigenvalue weighted by Gasteiger charge is -2.28. The molecule has 1 saturated heterocycles. The fourth-order valence-electron chi connectivity index (χ4n) is 5.03. The lowest BCUT2D eigenvalue weighted by Crippen LogP contribution is -2.34. The van der Waals surface area contributed by atoms with Crippen LogP contribution in [0.2, 0.25) is 0 Å². The van der Waals surface area contributed by atoms with Gasteiger partial charge in [-0.3, -0.25) is 4.90 Å². The SMILES string of the molecule is Cc1cc(C)cc(CN2C[C@@]3(C)CN3Cc3c(N(C)Cc4ccccc4)ncnc32)c1. The van der Waals surface area contributed by atoms with Crippen LogP contribution in [0, 0.1) is 13.8 Å². The summed E-state index contributed by atoms with van der Waals surface area (Å²) in [4.78, 5) is 16.8. The van der Waals surface area contributed by atoms with E-state index in [4.69, 9.17) is 9.97 Å². The molecule has 5 rings (SSSR count). The Morgan fingerprint density at radius 1 is 0.968 bits per heavy atom. The first-order valence-corrected chi connectivity index (χ1v) is 11.1. The van der Waals surface area contributed by atoms with E-state index in [0.29, 0.717) is 0 Å². The number of benzene rings is 2. The minimum atomic E-state index is 0.217. The average molecular weight is 414 g/mol. The van der Waals surface area contributed by atoms with Gasteiger partial charge in [0.25, 0.3) is 0 Å². The quantitative estimate of drug-likeness (QED) is 0.582. The molecule has 1 aromatic heterocycles. The van der Waals surface area contributed by atoms with Gasteiger partial charge in [0.1, 0.15) is 18.0 Å². The summed E-state index contributed by atoms with van der Waals surface area (Å²) in [6, 6.07) is 17.4. The molecule has 0 spiro atoms. The van der Waals surface area contributed by atoms with Gasteiger partial charge in [0.05, 0.1) is 5.56 Å². The molecule has 1 unspecified atom stereocenters. The second kappa shape index (κ2) is 7.65. The van der Waals surface area contributed by atoms with Crippen LogP contribution < -0.4 is 9.80 Å². The van der Waals surface area contributed by atoms with Gasteiger partial charge in [0.2, 0.25) is 0 Å². The first-order chi connectivity index (χ1) is 14.9. The van der Waals surface area contributed by atoms with E-state index in [1.54, 1.807) is 6.33 Å². The Labute approximate surface area is 185 Å². The number of nitrogens with zero attached hydrogens (tertiary/aromatic N) is 5. The summed E-state index contributed by atoms with van der Waals surface area (Å²) in [5.74, 6) is 2.12. The van der Waals surface area contributed by atoms with Gasteiger partial charge in [-0.2, -0.15) is 0 Å². The summed E-state index contributed by atoms with van der Waals surface area (Å²) >= 11 is 0. The number of fused-ring (bicyclic) bond motifs is 2. The molecular weight excluding hydrogens is 382 g/mol. The molecule has 2 aliphatic rings. The highest BCUT2D eigenvalue weighted by molar-refractivity contribution is 5.62. The Morgan fingerprint density at radius 2 is 1.71 bits per heavy atom. The zero-order chi connectivity index (χ0) is 21.6. The zero-order valence-corrected chi connectivity index (χ0v) is 19.0. The van der Waals surface area contributed by atoms with E-state index in [-0.39, 0.29) is 5.54 Å². The molecule has 0 radical (unpaired) electrons. The number of rotatable bonds is 5. The fourth-order valence-corrected chi connectivity index (χ4v) is 5.03. The molecule has 0 bridgehead atoms. The van der Waals surface area contributed by atoms with Crippen LogP contribution in [0.25, 0.3) is 0 Å². The minimum absolute atomic E-state index is 0.217. The molecule has 0 amide bonds. The second-order valence-corrected chi connectivity index (χ2v) is 9.55. The maximum atomic E-state index is 4.80. The third-order valence-corrected chi connectivity index (χ3v) is 6.55. The van der Waals surface area contributed by atoms with E-state index < -0.39 is 0 Å². The third-order valence-electron chi connectivity index (χ3n) is 6.55. The smallest absolute Gasteiger partial charge is 0.139 e. The van der Waals surface area contributed by atoms with Crippen molar-refractivity contribution >= 4 is 11.6 Å². The molecule has 0 aliphatic carbocycles. The molecule has 1 fully saturated rings. The molecule has 5 heteroatoms. The zero-order valence-electron chi connectivity index (χ0n) is 19.0. The lowest BCUT2D eigenvalue weighted by molar-refractivity contribution is 0.429. The first-order valence-electron chi connectivity index (χ1n) is 11.1. The van der Waals surface area contributed by atoms with Crippen molar-refractivity contribution < 1.29 is 0 Å². The van der Waals surface area contributed by atoms with Crippen LogP contribution in [0.5, 0.6) is 0 Å². The van der Waals surface area contributed by atoms with E-state index in [0.717, 1.165) is 44.4 Å². The van der Waals surface area contributed by atoms with Crippen LogP contribution in [0.3, 0.4) is 0 Å². The van der Waals surface area contributed by atoms with Crippen molar-refractivity contribution in [3.63, 3.8) is 0 Å². The Kier molecular flexibility index (Phi) is 4.94. The Morgan fingerprint density at radius 3 is 2.45 bits per heavy atom. The Hall–Kier alpha value is -2.92. The largest absolute Gasteiger partial charge is 0.355 e. The highest BCUT2D eigenvalue weighted by Gasteiger charge is 2.51. The van der Waals surface area contributed by atoms with E-state index in [1.807, 2.05) is 0 Å². The topological polar surface area (TPSA) is 35.3 Å². The number of aromatic nitrogens is 2. The van der Waals surface area contributed by atoms with E-state index in [9.17, 15) is 0 Å². The lowest BCUT2D eigenvalue weighted by atomic mass is 10.1. The van der Waals surface area contributed by atoms with Crippen molar-refractivity contribution in [3.05, 3.63) is 82.7 Å². The van der Waals surface area contributed by atoms with E-state index >= 15 is 0 Å². The molecule has 31 heavy (non-hydrogen) atoms. The maximum Gasteiger partial charge on any atom is 0.139 e. The van der Waals surface area contributed by atoms with Gasteiger partial charge in [-0.15, -0.1) is 0 Å². The molecule has 2 aromatic carbocycles. The van der Waals surface area contributed by atoms with Crippen LogP contribution in [0.1, 0.15) is 34.7 Å². The normalized spacial score (nSPS) is 21.8. The number of hydrogen-bond donors (Lipinski definition) is 0. The van der Waals surface area contributed by atoms with Crippen LogP contribution in [-0.4, -0.2) is 40.5 Å². The van der Waals surface area contributed by atoms with Gasteiger partial charge in [0, 0.05) is 45.3 Å². The highest BCUT2D eigenvalue weighted by Crippen LogP contribution is 2.42. The van der Waals surface area contributed by atoms with Crippen molar-refractivity contribution in [2.24, 2.45) is 0 Å². The van der Waals surface area contributed by atoms with E-state index in [2.05, 4.69) is 91.0 Å². The van der Waals surface area contributed by atoms with Gasteiger partial charge in [-0.05, 0) is 31.9 Å². The molecule has 2 aliphatic heterocycles. The maximum absolute atomic E-state index is 4.80. The molecule has 160 valence electrons. The summed E-state index contributed by atoms with van der Waals surface area (Å²) < 4.78 is 0. The minimum Gasteiger partial charge on any atom is -0.355 e. The van der Waals surface area contributed by atoms with Crippen molar-refractivity contribution in [2.45, 2.75) is 45.9 Å². The molecule has 3 aromatic rings. The van der Waals surface area contributed by atoms with Crippen LogP contribution in [0.15, 0.2) is 54.9 Å². The van der Waals surface area contributed by atoms with Crippen molar-refractivity contribution in [1.82, 2.24) is 14.9 Å². The Balaban J connectivity index is 1.50. The first kappa shape index (κ1) is 20.0. The monoisotopic (exact) mass is 413 g/mol. The summed E-state index contributed by atoms with van der Waals surface area (Å²) in [5.41, 5.74) is 6.72. The van der Waals surface area contributed by atoms with Gasteiger partial charge in [-0.25, -0.2) is 9.97 Å². The predicted molar refractivity (Wildman–Crippen MR) is 126 cm³/mol. The van der Waals surface area contributed by atoms with Crippen molar-refractivity contribution in [1.29, 1.82) is 0 Å². The van der Waals surface area contributed by atoms with Gasteiger partial charge >= 0.3 is 0 Å². The number of aryl methyl sites for hydroxylation is 2. The highest BCUT2D eigenvalue weighted by atomic mass is 15.4.